The Morgan fingerprint density at radius 1 is 0.735 bits per heavy atom. The highest BCUT2D eigenvalue weighted by Gasteiger charge is 2.29. The molecule has 4 aromatic carbocycles. The molecular weight excluding hydrogens is 440 g/mol. The van der Waals surface area contributed by atoms with Crippen LogP contribution in [-0.4, -0.2) is 12.4 Å². The van der Waals surface area contributed by atoms with E-state index in [-0.39, 0.29) is 4.90 Å². The van der Waals surface area contributed by atoms with Gasteiger partial charge in [-0.15, -0.1) is 0 Å². The van der Waals surface area contributed by atoms with Gasteiger partial charge in [0, 0.05) is 17.0 Å². The number of hydrogen-bond acceptors (Lipinski definition) is 2. The molecule has 0 spiro atoms. The summed E-state index contributed by atoms with van der Waals surface area (Å²) in [6, 6.07) is 35.2. The van der Waals surface area contributed by atoms with Crippen LogP contribution in [-0.2, 0) is 16.6 Å². The molecule has 0 amide bonds. The molecule has 0 saturated carbocycles. The van der Waals surface area contributed by atoms with Crippen LogP contribution in [0.4, 0.5) is 0 Å². The van der Waals surface area contributed by atoms with Crippen molar-refractivity contribution in [1.29, 1.82) is 0 Å². The van der Waals surface area contributed by atoms with Gasteiger partial charge in [0.2, 0.25) is 11.0 Å². The summed E-state index contributed by atoms with van der Waals surface area (Å²) < 4.78 is 31.7. The summed E-state index contributed by atoms with van der Waals surface area (Å²) >= 11 is 0. The van der Waals surface area contributed by atoms with Crippen molar-refractivity contribution in [2.45, 2.75) is 18.4 Å². The van der Waals surface area contributed by atoms with Gasteiger partial charge in [-0.2, -0.15) is 4.57 Å². The van der Waals surface area contributed by atoms with Crippen molar-refractivity contribution in [1.82, 2.24) is 3.97 Å². The van der Waals surface area contributed by atoms with Crippen LogP contribution in [0.5, 0.6) is 0 Å². The number of nitrogens with zero attached hydrogens (tertiary/aromatic N) is 2. The van der Waals surface area contributed by atoms with Crippen molar-refractivity contribution < 1.29 is 13.0 Å². The maximum absolute atomic E-state index is 14.0. The van der Waals surface area contributed by atoms with Crippen molar-refractivity contribution in [2.75, 3.05) is 0 Å². The van der Waals surface area contributed by atoms with E-state index < -0.39 is 10.0 Å². The normalized spacial score (nSPS) is 12.0. The Morgan fingerprint density at radius 3 is 2.21 bits per heavy atom. The van der Waals surface area contributed by atoms with E-state index in [0.29, 0.717) is 17.6 Å². The molecule has 0 aliphatic rings. The molecule has 0 fully saturated rings. The predicted octanol–water partition coefficient (Wildman–Crippen LogP) is 5.83. The second-order valence-corrected chi connectivity index (χ2v) is 10.4. The Hall–Kier alpha value is -3.96. The van der Waals surface area contributed by atoms with Gasteiger partial charge in [0.05, 0.1) is 15.8 Å². The van der Waals surface area contributed by atoms with Crippen LogP contribution in [0.2, 0.25) is 0 Å². The number of hydrogen-bond donors (Lipinski definition) is 0. The molecule has 0 N–H and O–H groups in total. The van der Waals surface area contributed by atoms with Crippen molar-refractivity contribution >= 4 is 42.9 Å². The molecule has 0 saturated heterocycles. The van der Waals surface area contributed by atoms with Crippen LogP contribution in [0.25, 0.3) is 32.8 Å². The topological polar surface area (TPSA) is 43.0 Å². The Balaban J connectivity index is 1.76. The fraction of sp³-hybridized carbons (Fsp3) is 0.0690. The van der Waals surface area contributed by atoms with E-state index in [1.165, 1.54) is 3.97 Å². The summed E-state index contributed by atoms with van der Waals surface area (Å²) in [4.78, 5) is 0.281. The number of rotatable bonds is 4. The first kappa shape index (κ1) is 20.6. The minimum absolute atomic E-state index is 0.281. The lowest BCUT2D eigenvalue weighted by molar-refractivity contribution is -0.635. The third-order valence-electron chi connectivity index (χ3n) is 6.37. The molecular formula is C29H23N2O2S+. The van der Waals surface area contributed by atoms with Crippen molar-refractivity contribution in [3.8, 4) is 0 Å². The Labute approximate surface area is 198 Å². The third kappa shape index (κ3) is 3.20. The highest BCUT2D eigenvalue weighted by atomic mass is 32.2. The first-order valence-corrected chi connectivity index (χ1v) is 12.7. The minimum atomic E-state index is -3.82. The predicted molar refractivity (Wildman–Crippen MR) is 136 cm³/mol. The van der Waals surface area contributed by atoms with Crippen LogP contribution in [0, 0.1) is 6.92 Å². The van der Waals surface area contributed by atoms with Crippen LogP contribution >= 0.6 is 0 Å². The van der Waals surface area contributed by atoms with Gasteiger partial charge in [-0.1, -0.05) is 72.3 Å². The highest BCUT2D eigenvalue weighted by molar-refractivity contribution is 7.90. The molecule has 0 aliphatic heterocycles. The SMILES string of the molecule is Cc1ccc(S(=O)(=O)n2c3ccccc3c3c2cc2ccccc2[n+]3Cc2ccccc2)cc1. The summed E-state index contributed by atoms with van der Waals surface area (Å²) in [5.74, 6) is 0. The molecule has 0 bridgehead atoms. The molecule has 0 unspecified atom stereocenters. The van der Waals surface area contributed by atoms with Gasteiger partial charge in [0.15, 0.2) is 6.54 Å². The molecule has 5 heteroatoms. The number of fused-ring (bicyclic) bond motifs is 4. The highest BCUT2D eigenvalue weighted by Crippen LogP contribution is 2.33. The van der Waals surface area contributed by atoms with Gasteiger partial charge in [0.1, 0.15) is 5.52 Å². The van der Waals surface area contributed by atoms with E-state index in [2.05, 4.69) is 22.8 Å². The van der Waals surface area contributed by atoms with E-state index in [0.717, 1.165) is 32.9 Å². The third-order valence-corrected chi connectivity index (χ3v) is 8.11. The van der Waals surface area contributed by atoms with Crippen LogP contribution in [0.3, 0.4) is 0 Å². The standard InChI is InChI=1S/C29H23N2O2S/c1-21-15-17-24(18-16-21)34(32,33)31-27-14-8-6-12-25(27)29-28(31)19-23-11-5-7-13-26(23)30(29)20-22-9-3-2-4-10-22/h2-19H,20H2,1H3/q+1. The molecule has 4 nitrogen and oxygen atoms in total. The van der Waals surface area contributed by atoms with Crippen LogP contribution in [0.1, 0.15) is 11.1 Å². The Kier molecular flexibility index (Phi) is 4.74. The molecule has 0 radical (unpaired) electrons. The first-order chi connectivity index (χ1) is 16.5. The Morgan fingerprint density at radius 2 is 1.41 bits per heavy atom. The van der Waals surface area contributed by atoms with Gasteiger partial charge in [-0.3, -0.25) is 0 Å². The molecule has 166 valence electrons. The van der Waals surface area contributed by atoms with Gasteiger partial charge in [-0.25, -0.2) is 12.4 Å². The molecule has 0 aliphatic carbocycles. The van der Waals surface area contributed by atoms with E-state index in [9.17, 15) is 8.42 Å². The van der Waals surface area contributed by atoms with E-state index in [1.807, 2.05) is 85.8 Å². The fourth-order valence-electron chi connectivity index (χ4n) is 4.75. The zero-order valence-corrected chi connectivity index (χ0v) is 19.5. The molecule has 34 heavy (non-hydrogen) atoms. The van der Waals surface area contributed by atoms with Crippen molar-refractivity contribution in [2.24, 2.45) is 0 Å². The summed E-state index contributed by atoms with van der Waals surface area (Å²) in [5.41, 5.74) is 5.51. The molecule has 0 atom stereocenters. The summed E-state index contributed by atoms with van der Waals surface area (Å²) in [6.07, 6.45) is 0. The van der Waals surface area contributed by atoms with Crippen molar-refractivity contribution in [3.63, 3.8) is 0 Å². The van der Waals surface area contributed by atoms with Gasteiger partial charge in [-0.05, 0) is 43.3 Å². The number of benzene rings is 4. The van der Waals surface area contributed by atoms with E-state index >= 15 is 0 Å². The maximum Gasteiger partial charge on any atom is 0.268 e. The molecule has 2 heterocycles. The minimum Gasteiger partial charge on any atom is -0.227 e. The summed E-state index contributed by atoms with van der Waals surface area (Å²) in [6.45, 7) is 2.59. The average molecular weight is 464 g/mol. The zero-order chi connectivity index (χ0) is 23.3. The van der Waals surface area contributed by atoms with Gasteiger partial charge in [0.25, 0.3) is 10.0 Å². The maximum atomic E-state index is 14.0. The van der Waals surface area contributed by atoms with Crippen LogP contribution in [0.15, 0.2) is 114 Å². The molecule has 6 rings (SSSR count). The average Bonchev–Trinajstić information content (AvgIpc) is 3.19. The molecule has 6 aromatic rings. The smallest absolute Gasteiger partial charge is 0.227 e. The van der Waals surface area contributed by atoms with Crippen molar-refractivity contribution in [3.05, 3.63) is 120 Å². The van der Waals surface area contributed by atoms with Gasteiger partial charge >= 0.3 is 0 Å². The largest absolute Gasteiger partial charge is 0.268 e. The molecule has 2 aromatic heterocycles. The zero-order valence-electron chi connectivity index (χ0n) is 18.7. The fourth-order valence-corrected chi connectivity index (χ4v) is 6.26. The quantitative estimate of drug-likeness (QED) is 0.309. The number of aryl methyl sites for hydroxylation is 1. The number of pyridine rings is 1. The summed E-state index contributed by atoms with van der Waals surface area (Å²) in [5, 5.41) is 1.91. The lowest BCUT2D eigenvalue weighted by atomic mass is 10.1. The second-order valence-electron chi connectivity index (χ2n) is 8.61. The first-order valence-electron chi connectivity index (χ1n) is 11.2. The number of aromatic nitrogens is 2. The lowest BCUT2D eigenvalue weighted by Crippen LogP contribution is -2.36. The Bertz CT molecular complexity index is 1790. The van der Waals surface area contributed by atoms with Gasteiger partial charge < -0.3 is 0 Å². The van der Waals surface area contributed by atoms with Crippen LogP contribution < -0.4 is 4.57 Å². The number of para-hydroxylation sites is 2. The monoisotopic (exact) mass is 463 g/mol. The van der Waals surface area contributed by atoms with E-state index in [1.54, 1.807) is 12.1 Å². The lowest BCUT2D eigenvalue weighted by Gasteiger charge is -2.10. The van der Waals surface area contributed by atoms with E-state index in [4.69, 9.17) is 0 Å². The second kappa shape index (κ2) is 7.82. The summed E-state index contributed by atoms with van der Waals surface area (Å²) in [7, 11) is -3.82.